The lowest BCUT2D eigenvalue weighted by Gasteiger charge is -2.20. The number of fused-ring (bicyclic) bond motifs is 1. The maximum absolute atomic E-state index is 14.3. The summed E-state index contributed by atoms with van der Waals surface area (Å²) in [5.41, 5.74) is 2.77. The van der Waals surface area contributed by atoms with Gasteiger partial charge in [-0.05, 0) is 0 Å². The van der Waals surface area contributed by atoms with Gasteiger partial charge in [-0.3, -0.25) is 9.55 Å². The van der Waals surface area contributed by atoms with Gasteiger partial charge in [-0.1, -0.05) is 0 Å². The first kappa shape index (κ1) is 14.4. The van der Waals surface area contributed by atoms with Gasteiger partial charge in [-0.25, -0.2) is 14.2 Å². The summed E-state index contributed by atoms with van der Waals surface area (Å²) < 4.78 is 20.6. The Balaban J connectivity index is 2.13. The fourth-order valence-corrected chi connectivity index (χ4v) is 2.37. The van der Waals surface area contributed by atoms with E-state index in [0.29, 0.717) is 0 Å². The quantitative estimate of drug-likeness (QED) is 0.504. The molecule has 0 saturated carbocycles. The number of aliphatic hydroxyl groups is 2. The molecule has 1 fully saturated rings. The van der Waals surface area contributed by atoms with Crippen molar-refractivity contribution in [1.29, 1.82) is 5.26 Å². The van der Waals surface area contributed by atoms with Crippen LogP contribution in [-0.4, -0.2) is 54.2 Å². The van der Waals surface area contributed by atoms with Gasteiger partial charge in [0.25, 0.3) is 0 Å². The van der Waals surface area contributed by atoms with Crippen molar-refractivity contribution in [1.82, 2.24) is 19.5 Å². The van der Waals surface area contributed by atoms with Crippen molar-refractivity contribution in [2.45, 2.75) is 24.1 Å². The fourth-order valence-electron chi connectivity index (χ4n) is 2.37. The third kappa shape index (κ3) is 1.78. The van der Waals surface area contributed by atoms with E-state index in [9.17, 15) is 19.4 Å². The Morgan fingerprint density at radius 3 is 3.00 bits per heavy atom. The molecule has 0 bridgehead atoms. The van der Waals surface area contributed by atoms with Crippen LogP contribution < -0.4 is 11.4 Å². The number of rotatable bonds is 2. The molecule has 0 aromatic carbocycles. The van der Waals surface area contributed by atoms with Crippen molar-refractivity contribution in [3.63, 3.8) is 0 Å². The first-order valence-electron chi connectivity index (χ1n) is 6.18. The van der Waals surface area contributed by atoms with E-state index in [4.69, 9.17) is 15.7 Å². The number of nitrogen functional groups attached to an aromatic ring is 1. The molecule has 2 aromatic heterocycles. The maximum Gasteiger partial charge on any atom is 0.348 e. The van der Waals surface area contributed by atoms with E-state index in [0.717, 1.165) is 10.9 Å². The third-order valence-electron chi connectivity index (χ3n) is 3.55. The summed E-state index contributed by atoms with van der Waals surface area (Å²) in [6.45, 7) is -0.898. The highest BCUT2D eigenvalue weighted by molar-refractivity contribution is 5.81. The van der Waals surface area contributed by atoms with Gasteiger partial charge >= 0.3 is 5.69 Å². The first-order chi connectivity index (χ1) is 10.4. The number of imidazole rings is 1. The zero-order chi connectivity index (χ0) is 16.1. The molecule has 4 unspecified atom stereocenters. The average molecular weight is 310 g/mol. The van der Waals surface area contributed by atoms with Gasteiger partial charge in [0.15, 0.2) is 18.0 Å². The molecule has 4 atom stereocenters. The molecular formula is C11H11FN6O4. The second kappa shape index (κ2) is 4.73. The van der Waals surface area contributed by atoms with Crippen molar-refractivity contribution < 1.29 is 19.3 Å². The number of ether oxygens (including phenoxy) is 1. The number of nitrogens with two attached hydrogens (primary N) is 1. The minimum atomic E-state index is -2.10. The Morgan fingerprint density at radius 2 is 2.41 bits per heavy atom. The largest absolute Gasteiger partial charge is 0.392 e. The van der Waals surface area contributed by atoms with Gasteiger partial charge in [0.1, 0.15) is 23.5 Å². The Hall–Kier alpha value is -2.55. The number of nitrogens with one attached hydrogen (secondary N) is 1. The number of hydrogen-bond donors (Lipinski definition) is 4. The zero-order valence-electron chi connectivity index (χ0n) is 11.0. The monoisotopic (exact) mass is 310 g/mol. The summed E-state index contributed by atoms with van der Waals surface area (Å²) in [6.07, 6.45) is -4.27. The molecule has 0 amide bonds. The van der Waals surface area contributed by atoms with E-state index >= 15 is 0 Å². The molecule has 0 aliphatic carbocycles. The third-order valence-corrected chi connectivity index (χ3v) is 3.55. The molecule has 116 valence electrons. The summed E-state index contributed by atoms with van der Waals surface area (Å²) in [5, 5.41) is 28.1. The highest BCUT2D eigenvalue weighted by Crippen LogP contribution is 2.39. The Morgan fingerprint density at radius 1 is 1.68 bits per heavy atom. The van der Waals surface area contributed by atoms with Crippen molar-refractivity contribution in [2.24, 2.45) is 0 Å². The summed E-state index contributed by atoms with van der Waals surface area (Å²) in [5.74, 6) is -0.0589. The average Bonchev–Trinajstić information content (AvgIpc) is 3.01. The molecule has 3 rings (SSSR count). The number of anilines is 1. The molecule has 5 N–H and O–H groups in total. The summed E-state index contributed by atoms with van der Waals surface area (Å²) in [7, 11) is 0. The Bertz CT molecular complexity index is 828. The SMILES string of the molecule is N#CC1(CO)OC(n2cnc3c(N)[nH]c(=O)nc32)C(F)C1O. The van der Waals surface area contributed by atoms with Crippen molar-refractivity contribution >= 4 is 17.0 Å². The first-order valence-corrected chi connectivity index (χ1v) is 6.18. The van der Waals surface area contributed by atoms with Crippen LogP contribution in [0.4, 0.5) is 10.2 Å². The lowest BCUT2D eigenvalue weighted by molar-refractivity contribution is -0.0912. The second-order valence-corrected chi connectivity index (χ2v) is 4.84. The van der Waals surface area contributed by atoms with Gasteiger partial charge in [-0.15, -0.1) is 0 Å². The van der Waals surface area contributed by atoms with Crippen LogP contribution in [0.15, 0.2) is 11.1 Å². The highest BCUT2D eigenvalue weighted by Gasteiger charge is 2.56. The van der Waals surface area contributed by atoms with Crippen LogP contribution in [0.3, 0.4) is 0 Å². The zero-order valence-corrected chi connectivity index (χ0v) is 11.0. The number of nitrogens with zero attached hydrogens (tertiary/aromatic N) is 4. The molecule has 3 heterocycles. The standard InChI is InChI=1S/C11H11FN6O4/c12-4-6(20)11(1-13,2-19)22-9(4)18-3-15-5-7(14)16-10(21)17-8(5)18/h3-4,6,9,19-20H,2H2,(H3,14,16,17,21). The van der Waals surface area contributed by atoms with E-state index in [2.05, 4.69) is 15.0 Å². The van der Waals surface area contributed by atoms with Crippen LogP contribution in [-0.2, 0) is 4.74 Å². The number of aromatic amines is 1. The van der Waals surface area contributed by atoms with Crippen LogP contribution >= 0.6 is 0 Å². The number of nitriles is 1. The van der Waals surface area contributed by atoms with E-state index < -0.39 is 36.4 Å². The molecule has 1 saturated heterocycles. The Kier molecular flexibility index (Phi) is 3.10. The number of H-pyrrole nitrogens is 1. The van der Waals surface area contributed by atoms with Gasteiger partial charge < -0.3 is 20.7 Å². The molecule has 22 heavy (non-hydrogen) atoms. The lowest BCUT2D eigenvalue weighted by Crippen LogP contribution is -2.44. The number of aromatic nitrogens is 4. The maximum atomic E-state index is 14.3. The summed E-state index contributed by atoms with van der Waals surface area (Å²) >= 11 is 0. The minimum Gasteiger partial charge on any atom is -0.392 e. The van der Waals surface area contributed by atoms with E-state index in [1.807, 2.05) is 0 Å². The molecule has 1 aliphatic rings. The van der Waals surface area contributed by atoms with Crippen molar-refractivity contribution in [3.8, 4) is 6.07 Å². The smallest absolute Gasteiger partial charge is 0.348 e. The van der Waals surface area contributed by atoms with E-state index in [1.165, 1.54) is 0 Å². The van der Waals surface area contributed by atoms with Gasteiger partial charge in [0.05, 0.1) is 12.9 Å². The molecular weight excluding hydrogens is 299 g/mol. The van der Waals surface area contributed by atoms with Crippen LogP contribution in [0.25, 0.3) is 11.2 Å². The second-order valence-electron chi connectivity index (χ2n) is 4.84. The van der Waals surface area contributed by atoms with E-state index in [1.54, 1.807) is 6.07 Å². The van der Waals surface area contributed by atoms with Gasteiger partial charge in [0.2, 0.25) is 5.60 Å². The lowest BCUT2D eigenvalue weighted by atomic mass is 9.99. The topological polar surface area (TPSA) is 163 Å². The molecule has 0 spiro atoms. The molecule has 1 aliphatic heterocycles. The Labute approximate surface area is 121 Å². The minimum absolute atomic E-state index is 0.0589. The number of alkyl halides is 1. The normalized spacial score (nSPS) is 31.5. The van der Waals surface area contributed by atoms with Crippen molar-refractivity contribution in [2.75, 3.05) is 12.3 Å². The van der Waals surface area contributed by atoms with Crippen LogP contribution in [0.1, 0.15) is 6.23 Å². The predicted octanol–water partition coefficient (Wildman–Crippen LogP) is -1.82. The number of hydrogen-bond acceptors (Lipinski definition) is 8. The molecule has 10 nitrogen and oxygen atoms in total. The molecule has 0 radical (unpaired) electrons. The van der Waals surface area contributed by atoms with Crippen LogP contribution in [0.2, 0.25) is 0 Å². The summed E-state index contributed by atoms with van der Waals surface area (Å²) in [6, 6.07) is 1.56. The van der Waals surface area contributed by atoms with Crippen LogP contribution in [0, 0.1) is 11.3 Å². The number of aliphatic hydroxyl groups excluding tert-OH is 2. The van der Waals surface area contributed by atoms with Crippen LogP contribution in [0.5, 0.6) is 0 Å². The van der Waals surface area contributed by atoms with Gasteiger partial charge in [0, 0.05) is 0 Å². The number of halogens is 1. The molecule has 11 heteroatoms. The predicted molar refractivity (Wildman–Crippen MR) is 69.0 cm³/mol. The van der Waals surface area contributed by atoms with Gasteiger partial charge in [-0.2, -0.15) is 10.2 Å². The van der Waals surface area contributed by atoms with E-state index in [-0.39, 0.29) is 17.0 Å². The highest BCUT2D eigenvalue weighted by atomic mass is 19.1. The summed E-state index contributed by atoms with van der Waals surface area (Å²) in [4.78, 5) is 21.2. The van der Waals surface area contributed by atoms with Crippen molar-refractivity contribution in [3.05, 3.63) is 16.8 Å². The molecule has 2 aromatic rings. The fraction of sp³-hybridized carbons (Fsp3) is 0.455.